The van der Waals surface area contributed by atoms with Crippen LogP contribution >= 0.6 is 0 Å². The summed E-state index contributed by atoms with van der Waals surface area (Å²) in [6, 6.07) is 6.21. The summed E-state index contributed by atoms with van der Waals surface area (Å²) in [6.45, 7) is 9.38. The molecule has 2 fully saturated rings. The topological polar surface area (TPSA) is 55.8 Å². The lowest BCUT2D eigenvalue weighted by atomic mass is 9.99. The van der Waals surface area contributed by atoms with Gasteiger partial charge in [-0.25, -0.2) is 9.37 Å². The molecule has 4 heterocycles. The van der Waals surface area contributed by atoms with Gasteiger partial charge in [0.2, 0.25) is 11.9 Å². The molecule has 0 N–H and O–H groups in total. The SMILES string of the molecule is CC1CCN(c2nc3c(c(N4CCN(C)CC4)n2)CN(C(=O)Cc2ccc(F)cc2)CC3)CC1. The fraction of sp³-hybridized carbons (Fsp3) is 0.577. The number of piperidine rings is 1. The van der Waals surface area contributed by atoms with E-state index >= 15 is 0 Å². The number of piperazine rings is 1. The van der Waals surface area contributed by atoms with Gasteiger partial charge < -0.3 is 19.6 Å². The Morgan fingerprint density at radius 3 is 2.38 bits per heavy atom. The number of fused-ring (bicyclic) bond motifs is 1. The average Bonchev–Trinajstić information content (AvgIpc) is 2.85. The van der Waals surface area contributed by atoms with E-state index in [9.17, 15) is 9.18 Å². The second kappa shape index (κ2) is 9.86. The molecular weight excluding hydrogens is 431 g/mol. The Hall–Kier alpha value is -2.74. The second-order valence-electron chi connectivity index (χ2n) is 10.1. The van der Waals surface area contributed by atoms with Crippen LogP contribution in [0.15, 0.2) is 24.3 Å². The van der Waals surface area contributed by atoms with Gasteiger partial charge in [-0.3, -0.25) is 4.79 Å². The first kappa shape index (κ1) is 23.0. The maximum atomic E-state index is 13.3. The molecule has 0 atom stereocenters. The van der Waals surface area contributed by atoms with Crippen LogP contribution in [-0.4, -0.2) is 78.5 Å². The molecule has 3 aliphatic rings. The molecule has 2 saturated heterocycles. The van der Waals surface area contributed by atoms with Crippen LogP contribution in [0, 0.1) is 11.7 Å². The zero-order chi connectivity index (χ0) is 23.7. The number of rotatable bonds is 4. The van der Waals surface area contributed by atoms with Crippen LogP contribution in [0.3, 0.4) is 0 Å². The van der Waals surface area contributed by atoms with Crippen molar-refractivity contribution in [2.45, 2.75) is 39.2 Å². The third kappa shape index (κ3) is 5.02. The molecule has 1 aromatic heterocycles. The maximum absolute atomic E-state index is 13.3. The summed E-state index contributed by atoms with van der Waals surface area (Å²) in [5.74, 6) is 2.40. The minimum absolute atomic E-state index is 0.0654. The maximum Gasteiger partial charge on any atom is 0.227 e. The van der Waals surface area contributed by atoms with Crippen molar-refractivity contribution in [2.24, 2.45) is 5.92 Å². The fourth-order valence-electron chi connectivity index (χ4n) is 5.12. The molecule has 0 unspecified atom stereocenters. The highest BCUT2D eigenvalue weighted by atomic mass is 19.1. The molecule has 1 amide bonds. The van der Waals surface area contributed by atoms with Crippen molar-refractivity contribution in [3.63, 3.8) is 0 Å². The van der Waals surface area contributed by atoms with Crippen molar-refractivity contribution < 1.29 is 9.18 Å². The van der Waals surface area contributed by atoms with Crippen LogP contribution in [0.25, 0.3) is 0 Å². The van der Waals surface area contributed by atoms with E-state index < -0.39 is 0 Å². The number of likely N-dealkylation sites (N-methyl/N-ethyl adjacent to an activating group) is 1. The van der Waals surface area contributed by atoms with Crippen molar-refractivity contribution in [3.05, 3.63) is 46.9 Å². The zero-order valence-corrected chi connectivity index (χ0v) is 20.3. The third-order valence-corrected chi connectivity index (χ3v) is 7.52. The molecule has 8 heteroatoms. The number of anilines is 2. The van der Waals surface area contributed by atoms with Crippen molar-refractivity contribution >= 4 is 17.7 Å². The average molecular weight is 467 g/mol. The fourth-order valence-corrected chi connectivity index (χ4v) is 5.12. The number of halogens is 1. The minimum Gasteiger partial charge on any atom is -0.354 e. The summed E-state index contributed by atoms with van der Waals surface area (Å²) < 4.78 is 13.3. The first-order valence-corrected chi connectivity index (χ1v) is 12.6. The molecule has 7 nitrogen and oxygen atoms in total. The molecule has 0 spiro atoms. The summed E-state index contributed by atoms with van der Waals surface area (Å²) in [5.41, 5.74) is 3.02. The minimum atomic E-state index is -0.281. The van der Waals surface area contributed by atoms with Gasteiger partial charge in [-0.2, -0.15) is 4.98 Å². The smallest absolute Gasteiger partial charge is 0.227 e. The first-order chi connectivity index (χ1) is 16.5. The Morgan fingerprint density at radius 1 is 0.971 bits per heavy atom. The van der Waals surface area contributed by atoms with Gasteiger partial charge in [0.05, 0.1) is 18.7 Å². The monoisotopic (exact) mass is 466 g/mol. The van der Waals surface area contributed by atoms with Gasteiger partial charge in [0.15, 0.2) is 0 Å². The van der Waals surface area contributed by atoms with E-state index in [2.05, 4.69) is 28.7 Å². The molecule has 0 bridgehead atoms. The number of nitrogens with zero attached hydrogens (tertiary/aromatic N) is 6. The third-order valence-electron chi connectivity index (χ3n) is 7.52. The zero-order valence-electron chi connectivity index (χ0n) is 20.3. The van der Waals surface area contributed by atoms with Crippen LogP contribution in [0.1, 0.15) is 36.6 Å². The Labute approximate surface area is 201 Å². The molecule has 2 aromatic rings. The normalized spacial score (nSPS) is 19.9. The lowest BCUT2D eigenvalue weighted by molar-refractivity contribution is -0.131. The van der Waals surface area contributed by atoms with Crippen LogP contribution in [0.4, 0.5) is 16.2 Å². The molecule has 0 saturated carbocycles. The predicted octanol–water partition coefficient (Wildman–Crippen LogP) is 2.73. The van der Waals surface area contributed by atoms with Gasteiger partial charge in [0, 0.05) is 57.8 Å². The second-order valence-corrected chi connectivity index (χ2v) is 10.1. The Bertz CT molecular complexity index is 1010. The quantitative estimate of drug-likeness (QED) is 0.691. The summed E-state index contributed by atoms with van der Waals surface area (Å²) in [5, 5.41) is 0. The lowest BCUT2D eigenvalue weighted by Gasteiger charge is -2.38. The van der Waals surface area contributed by atoms with Crippen LogP contribution < -0.4 is 9.80 Å². The Balaban J connectivity index is 1.40. The summed E-state index contributed by atoms with van der Waals surface area (Å²) in [6.07, 6.45) is 3.38. The first-order valence-electron chi connectivity index (χ1n) is 12.6. The molecule has 0 aliphatic carbocycles. The van der Waals surface area contributed by atoms with E-state index in [1.165, 1.54) is 25.0 Å². The van der Waals surface area contributed by atoms with E-state index in [1.807, 2.05) is 4.90 Å². The van der Waals surface area contributed by atoms with Gasteiger partial charge in [-0.05, 0) is 43.5 Å². The van der Waals surface area contributed by atoms with Crippen LogP contribution in [0.2, 0.25) is 0 Å². The molecule has 182 valence electrons. The number of benzene rings is 1. The molecule has 34 heavy (non-hydrogen) atoms. The van der Waals surface area contributed by atoms with E-state index in [0.717, 1.165) is 80.2 Å². The van der Waals surface area contributed by atoms with Gasteiger partial charge in [0.25, 0.3) is 0 Å². The number of carbonyl (C=O) groups is 1. The van der Waals surface area contributed by atoms with Gasteiger partial charge in [0.1, 0.15) is 11.6 Å². The lowest BCUT2D eigenvalue weighted by Crippen LogP contribution is -2.46. The molecular formula is C26H35FN6O. The standard InChI is InChI=1S/C26H35FN6O/c1-19-7-10-32(11-8-19)26-28-23-9-12-33(24(34)17-20-3-5-21(27)6-4-20)18-22(23)25(29-26)31-15-13-30(2)14-16-31/h3-6,19H,7-18H2,1-2H3. The van der Waals surface area contributed by atoms with Crippen molar-refractivity contribution in [1.82, 2.24) is 19.8 Å². The summed E-state index contributed by atoms with van der Waals surface area (Å²) in [7, 11) is 2.16. The van der Waals surface area contributed by atoms with Gasteiger partial charge in [-0.15, -0.1) is 0 Å². The highest BCUT2D eigenvalue weighted by molar-refractivity contribution is 5.79. The van der Waals surface area contributed by atoms with Crippen molar-refractivity contribution in [1.29, 1.82) is 0 Å². The number of aromatic nitrogens is 2. The molecule has 5 rings (SSSR count). The summed E-state index contributed by atoms with van der Waals surface area (Å²) >= 11 is 0. The number of hydrogen-bond donors (Lipinski definition) is 0. The van der Waals surface area contributed by atoms with Gasteiger partial charge >= 0.3 is 0 Å². The molecule has 0 radical (unpaired) electrons. The van der Waals surface area contributed by atoms with Crippen LogP contribution in [0.5, 0.6) is 0 Å². The number of amides is 1. The van der Waals surface area contributed by atoms with Crippen molar-refractivity contribution in [3.8, 4) is 0 Å². The van der Waals surface area contributed by atoms with E-state index in [1.54, 1.807) is 12.1 Å². The van der Waals surface area contributed by atoms with Crippen molar-refractivity contribution in [2.75, 3.05) is 62.7 Å². The van der Waals surface area contributed by atoms with Gasteiger partial charge in [-0.1, -0.05) is 19.1 Å². The van der Waals surface area contributed by atoms with E-state index in [0.29, 0.717) is 13.1 Å². The van der Waals surface area contributed by atoms with E-state index in [-0.39, 0.29) is 18.1 Å². The Morgan fingerprint density at radius 2 is 1.68 bits per heavy atom. The largest absolute Gasteiger partial charge is 0.354 e. The Kier molecular flexibility index (Phi) is 6.68. The molecule has 1 aromatic carbocycles. The van der Waals surface area contributed by atoms with Crippen LogP contribution in [-0.2, 0) is 24.2 Å². The number of carbonyl (C=O) groups excluding carboxylic acids is 1. The molecule has 3 aliphatic heterocycles. The number of hydrogen-bond acceptors (Lipinski definition) is 6. The predicted molar refractivity (Wildman–Crippen MR) is 132 cm³/mol. The highest BCUT2D eigenvalue weighted by Crippen LogP contribution is 2.31. The van der Waals surface area contributed by atoms with E-state index in [4.69, 9.17) is 9.97 Å². The summed E-state index contributed by atoms with van der Waals surface area (Å²) in [4.78, 5) is 32.2. The highest BCUT2D eigenvalue weighted by Gasteiger charge is 2.30.